The third-order valence-corrected chi connectivity index (χ3v) is 7.43. The lowest BCUT2D eigenvalue weighted by molar-refractivity contribution is 0.0516. The molecular formula is C25H30ClN3O. The number of pyridine rings is 1. The zero-order valence-electron chi connectivity index (χ0n) is 17.6. The van der Waals surface area contributed by atoms with Crippen LogP contribution < -0.4 is 5.56 Å². The summed E-state index contributed by atoms with van der Waals surface area (Å²) in [6, 6.07) is 12.3. The van der Waals surface area contributed by atoms with Gasteiger partial charge in [-0.3, -0.25) is 9.69 Å². The van der Waals surface area contributed by atoms with E-state index in [-0.39, 0.29) is 5.56 Å². The standard InChI is InChI=1S/C25H30ClN3O/c1-27-12-10-23(11-13-27)28-15-19-14-21(17-28)25-20(6-9-24(30)29(25)16-19)5-2-18-3-7-22(26)8-4-18/h2-9,19,21,23H,10-17H2,1H3. The Morgan fingerprint density at radius 3 is 2.50 bits per heavy atom. The molecule has 3 aliphatic heterocycles. The minimum atomic E-state index is 0.149. The Morgan fingerprint density at radius 2 is 1.73 bits per heavy atom. The summed E-state index contributed by atoms with van der Waals surface area (Å²) in [4.78, 5) is 17.9. The molecule has 4 nitrogen and oxygen atoms in total. The number of hydrogen-bond acceptors (Lipinski definition) is 3. The van der Waals surface area contributed by atoms with Crippen molar-refractivity contribution in [1.82, 2.24) is 14.4 Å². The number of aromatic nitrogens is 1. The molecule has 4 heterocycles. The van der Waals surface area contributed by atoms with Crippen molar-refractivity contribution in [2.45, 2.75) is 37.8 Å². The number of nitrogens with zero attached hydrogens (tertiary/aromatic N) is 3. The average Bonchev–Trinajstić information content (AvgIpc) is 2.75. The second kappa shape index (κ2) is 8.33. The van der Waals surface area contributed by atoms with Crippen molar-refractivity contribution >= 4 is 23.8 Å². The maximum atomic E-state index is 12.7. The molecule has 0 radical (unpaired) electrons. The summed E-state index contributed by atoms with van der Waals surface area (Å²) < 4.78 is 2.06. The molecule has 0 amide bonds. The second-order valence-corrected chi connectivity index (χ2v) is 9.73. The van der Waals surface area contributed by atoms with E-state index in [1.54, 1.807) is 6.07 Å². The van der Waals surface area contributed by atoms with Gasteiger partial charge in [-0.15, -0.1) is 0 Å². The van der Waals surface area contributed by atoms with Crippen LogP contribution in [0.1, 0.15) is 42.0 Å². The second-order valence-electron chi connectivity index (χ2n) is 9.29. The van der Waals surface area contributed by atoms with E-state index in [4.69, 9.17) is 11.6 Å². The summed E-state index contributed by atoms with van der Waals surface area (Å²) >= 11 is 6.02. The molecular weight excluding hydrogens is 394 g/mol. The van der Waals surface area contributed by atoms with Gasteiger partial charge in [0.1, 0.15) is 0 Å². The number of hydrogen-bond donors (Lipinski definition) is 0. The quantitative estimate of drug-likeness (QED) is 0.741. The van der Waals surface area contributed by atoms with Crippen LogP contribution in [0.2, 0.25) is 5.02 Å². The van der Waals surface area contributed by atoms with Crippen LogP contribution in [0.15, 0.2) is 41.2 Å². The van der Waals surface area contributed by atoms with Crippen molar-refractivity contribution in [2.75, 3.05) is 33.2 Å². The Labute approximate surface area is 183 Å². The molecule has 1 aromatic carbocycles. The Hall–Kier alpha value is -1.88. The number of piperidine rings is 2. The van der Waals surface area contributed by atoms with E-state index < -0.39 is 0 Å². The molecule has 1 aromatic heterocycles. The normalized spacial score (nSPS) is 25.5. The predicted molar refractivity (Wildman–Crippen MR) is 124 cm³/mol. The van der Waals surface area contributed by atoms with Gasteiger partial charge in [-0.05, 0) is 74.6 Å². The zero-order valence-corrected chi connectivity index (χ0v) is 18.4. The minimum absolute atomic E-state index is 0.149. The Balaban J connectivity index is 1.43. The first-order valence-electron chi connectivity index (χ1n) is 11.2. The van der Waals surface area contributed by atoms with E-state index in [2.05, 4.69) is 33.6 Å². The summed E-state index contributed by atoms with van der Waals surface area (Å²) in [6.07, 6.45) is 8.03. The topological polar surface area (TPSA) is 28.5 Å². The highest BCUT2D eigenvalue weighted by Gasteiger charge is 2.38. The maximum Gasteiger partial charge on any atom is 0.250 e. The summed E-state index contributed by atoms with van der Waals surface area (Å²) in [7, 11) is 2.23. The van der Waals surface area contributed by atoms with Gasteiger partial charge in [0.15, 0.2) is 0 Å². The van der Waals surface area contributed by atoms with Crippen LogP contribution in [-0.2, 0) is 6.54 Å². The summed E-state index contributed by atoms with van der Waals surface area (Å²) in [6.45, 7) is 5.47. The van der Waals surface area contributed by atoms with Crippen LogP contribution in [0, 0.1) is 5.92 Å². The number of likely N-dealkylation sites (tertiary alicyclic amines) is 2. The van der Waals surface area contributed by atoms with Gasteiger partial charge in [0.25, 0.3) is 5.56 Å². The first-order valence-corrected chi connectivity index (χ1v) is 11.5. The third kappa shape index (κ3) is 4.01. The smallest absolute Gasteiger partial charge is 0.250 e. The summed E-state index contributed by atoms with van der Waals surface area (Å²) in [5.74, 6) is 1.03. The zero-order chi connectivity index (χ0) is 20.7. The van der Waals surface area contributed by atoms with E-state index in [1.165, 1.54) is 43.6 Å². The molecule has 2 aromatic rings. The lowest BCUT2D eigenvalue weighted by Gasteiger charge is -2.47. The molecule has 2 saturated heterocycles. The van der Waals surface area contributed by atoms with Gasteiger partial charge in [0.2, 0.25) is 0 Å². The van der Waals surface area contributed by atoms with Gasteiger partial charge in [-0.2, -0.15) is 0 Å². The lowest BCUT2D eigenvalue weighted by Crippen LogP contribution is -2.53. The average molecular weight is 424 g/mol. The maximum absolute atomic E-state index is 12.7. The van der Waals surface area contributed by atoms with E-state index in [9.17, 15) is 4.79 Å². The van der Waals surface area contributed by atoms with Gasteiger partial charge in [0, 0.05) is 48.4 Å². The predicted octanol–water partition coefficient (Wildman–Crippen LogP) is 4.19. The Kier molecular flexibility index (Phi) is 5.57. The lowest BCUT2D eigenvalue weighted by atomic mass is 9.80. The molecule has 2 unspecified atom stereocenters. The van der Waals surface area contributed by atoms with Gasteiger partial charge in [0.05, 0.1) is 0 Å². The van der Waals surface area contributed by atoms with Gasteiger partial charge in [-0.1, -0.05) is 35.9 Å². The molecule has 2 bridgehead atoms. The van der Waals surface area contributed by atoms with Crippen molar-refractivity contribution in [3.63, 3.8) is 0 Å². The van der Waals surface area contributed by atoms with E-state index in [1.807, 2.05) is 30.3 Å². The minimum Gasteiger partial charge on any atom is -0.311 e. The molecule has 0 spiro atoms. The van der Waals surface area contributed by atoms with Crippen LogP contribution in [0.3, 0.4) is 0 Å². The highest BCUT2D eigenvalue weighted by molar-refractivity contribution is 6.30. The van der Waals surface area contributed by atoms with E-state index in [0.29, 0.717) is 17.9 Å². The molecule has 2 fully saturated rings. The fourth-order valence-electron chi connectivity index (χ4n) is 5.64. The Bertz CT molecular complexity index is 988. The van der Waals surface area contributed by atoms with Gasteiger partial charge >= 0.3 is 0 Å². The van der Waals surface area contributed by atoms with E-state index >= 15 is 0 Å². The van der Waals surface area contributed by atoms with Crippen LogP contribution in [0.5, 0.6) is 0 Å². The van der Waals surface area contributed by atoms with Crippen molar-refractivity contribution in [3.05, 3.63) is 68.6 Å². The third-order valence-electron chi connectivity index (χ3n) is 7.18. The first-order chi connectivity index (χ1) is 14.6. The number of fused-ring (bicyclic) bond motifs is 4. The number of rotatable bonds is 3. The first kappa shape index (κ1) is 20.0. The van der Waals surface area contributed by atoms with Crippen LogP contribution in [0.4, 0.5) is 0 Å². The van der Waals surface area contributed by atoms with Crippen molar-refractivity contribution in [1.29, 1.82) is 0 Å². The van der Waals surface area contributed by atoms with Crippen LogP contribution in [-0.4, -0.2) is 53.6 Å². The van der Waals surface area contributed by atoms with Crippen molar-refractivity contribution in [3.8, 4) is 0 Å². The van der Waals surface area contributed by atoms with Crippen LogP contribution in [0.25, 0.3) is 12.2 Å². The molecule has 5 rings (SSSR count). The molecule has 5 heteroatoms. The Morgan fingerprint density at radius 1 is 0.967 bits per heavy atom. The fourth-order valence-corrected chi connectivity index (χ4v) is 5.77. The fraction of sp³-hybridized carbons (Fsp3) is 0.480. The van der Waals surface area contributed by atoms with Crippen LogP contribution >= 0.6 is 11.6 Å². The van der Waals surface area contributed by atoms with Crippen molar-refractivity contribution < 1.29 is 0 Å². The molecule has 3 aliphatic rings. The largest absolute Gasteiger partial charge is 0.311 e. The monoisotopic (exact) mass is 423 g/mol. The highest BCUT2D eigenvalue weighted by atomic mass is 35.5. The van der Waals surface area contributed by atoms with Crippen molar-refractivity contribution in [2.24, 2.45) is 5.92 Å². The number of halogens is 1. The molecule has 0 N–H and O–H groups in total. The molecule has 158 valence electrons. The number of benzene rings is 1. The van der Waals surface area contributed by atoms with E-state index in [0.717, 1.165) is 30.2 Å². The van der Waals surface area contributed by atoms with Gasteiger partial charge in [-0.25, -0.2) is 0 Å². The SMILES string of the molecule is CN1CCC(N2CC3CC(C2)c2c(C=Cc4ccc(Cl)cc4)ccc(=O)n2C3)CC1. The molecule has 0 aliphatic carbocycles. The summed E-state index contributed by atoms with van der Waals surface area (Å²) in [5, 5.41) is 0.748. The summed E-state index contributed by atoms with van der Waals surface area (Å²) in [5.41, 5.74) is 3.69. The molecule has 2 atom stereocenters. The van der Waals surface area contributed by atoms with Gasteiger partial charge < -0.3 is 9.47 Å². The highest BCUT2D eigenvalue weighted by Crippen LogP contribution is 2.38. The molecule has 0 saturated carbocycles. The molecule has 30 heavy (non-hydrogen) atoms.